The highest BCUT2D eigenvalue weighted by molar-refractivity contribution is 6.30. The molecule has 0 aliphatic carbocycles. The number of rotatable bonds is 2. The molecule has 0 unspecified atom stereocenters. The van der Waals surface area contributed by atoms with Gasteiger partial charge in [-0.3, -0.25) is 10.1 Å². The van der Waals surface area contributed by atoms with Gasteiger partial charge in [-0.1, -0.05) is 11.6 Å². The second kappa shape index (κ2) is 3.33. The van der Waals surface area contributed by atoms with Crippen molar-refractivity contribution >= 4 is 23.1 Å². The normalized spacial score (nSPS) is 9.50. The molecule has 0 radical (unpaired) electrons. The van der Waals surface area contributed by atoms with Gasteiger partial charge in [0.05, 0.1) is 9.95 Å². The molecule has 1 rings (SSSR count). The van der Waals surface area contributed by atoms with Gasteiger partial charge in [-0.2, -0.15) is 0 Å². The van der Waals surface area contributed by atoms with Gasteiger partial charge >= 0.3 is 5.69 Å². The number of nitrogens with two attached hydrogens (primary N) is 1. The lowest BCUT2D eigenvalue weighted by molar-refractivity contribution is -0.384. The van der Waals surface area contributed by atoms with Crippen LogP contribution in [0.2, 0.25) is 5.02 Å². The van der Waals surface area contributed by atoms with Gasteiger partial charge < -0.3 is 5.43 Å². The number of nitro groups is 1. The van der Waals surface area contributed by atoms with E-state index in [0.29, 0.717) is 0 Å². The molecule has 0 spiro atoms. The minimum Gasteiger partial charge on any atom is -0.303 e. The summed E-state index contributed by atoms with van der Waals surface area (Å²) in [7, 11) is 0. The Morgan fingerprint density at radius 3 is 2.92 bits per heavy atom. The molecule has 0 fully saturated rings. The van der Waals surface area contributed by atoms with Crippen molar-refractivity contribution < 1.29 is 4.92 Å². The molecule has 3 N–H and O–H groups in total. The summed E-state index contributed by atoms with van der Waals surface area (Å²) in [5, 5.41) is 10.5. The number of hydrogen-bond donors (Lipinski definition) is 2. The summed E-state index contributed by atoms with van der Waals surface area (Å²) >= 11 is 5.48. The molecular formula is C5H5ClN4O2. The molecule has 7 heteroatoms. The summed E-state index contributed by atoms with van der Waals surface area (Å²) in [4.78, 5) is 13.3. The lowest BCUT2D eigenvalue weighted by Gasteiger charge is -1.99. The van der Waals surface area contributed by atoms with E-state index in [1.807, 2.05) is 0 Å². The Hall–Kier alpha value is -1.40. The number of aromatic nitrogens is 1. The van der Waals surface area contributed by atoms with Crippen LogP contribution in [0.4, 0.5) is 11.5 Å². The fraction of sp³-hybridized carbons (Fsp3) is 0. The lowest BCUT2D eigenvalue weighted by atomic mass is 10.4. The van der Waals surface area contributed by atoms with E-state index < -0.39 is 4.92 Å². The van der Waals surface area contributed by atoms with E-state index in [0.717, 1.165) is 0 Å². The van der Waals surface area contributed by atoms with Crippen molar-refractivity contribution in [3.05, 3.63) is 27.4 Å². The van der Waals surface area contributed by atoms with Crippen molar-refractivity contribution in [1.29, 1.82) is 0 Å². The number of halogens is 1. The molecule has 6 nitrogen and oxygen atoms in total. The van der Waals surface area contributed by atoms with Crippen molar-refractivity contribution in [3.8, 4) is 0 Å². The number of nitrogen functional groups attached to an aromatic ring is 1. The highest BCUT2D eigenvalue weighted by atomic mass is 35.5. The van der Waals surface area contributed by atoms with Crippen molar-refractivity contribution in [2.75, 3.05) is 5.43 Å². The zero-order valence-corrected chi connectivity index (χ0v) is 6.58. The number of nitrogens with zero attached hydrogens (tertiary/aromatic N) is 2. The molecule has 0 bridgehead atoms. The molecule has 0 aromatic carbocycles. The van der Waals surface area contributed by atoms with Crippen LogP contribution < -0.4 is 11.3 Å². The second-order valence-corrected chi connectivity index (χ2v) is 2.36. The Bertz CT molecular complexity index is 316. The molecule has 0 saturated heterocycles. The Morgan fingerprint density at radius 2 is 2.42 bits per heavy atom. The fourth-order valence-electron chi connectivity index (χ4n) is 0.679. The second-order valence-electron chi connectivity index (χ2n) is 1.92. The van der Waals surface area contributed by atoms with Gasteiger partial charge in [0.15, 0.2) is 0 Å². The highest BCUT2D eigenvalue weighted by Crippen LogP contribution is 2.23. The quantitative estimate of drug-likeness (QED) is 0.409. The predicted octanol–water partition coefficient (Wildman–Crippen LogP) is 0.929. The molecule has 0 saturated carbocycles. The topological polar surface area (TPSA) is 94.1 Å². The number of hydrogen-bond acceptors (Lipinski definition) is 5. The third kappa shape index (κ3) is 1.60. The molecule has 64 valence electrons. The molecule has 1 heterocycles. The maximum Gasteiger partial charge on any atom is 0.314 e. The summed E-state index contributed by atoms with van der Waals surface area (Å²) < 4.78 is 0. The van der Waals surface area contributed by atoms with Crippen LogP contribution in [0.15, 0.2) is 12.3 Å². The monoisotopic (exact) mass is 188 g/mol. The van der Waals surface area contributed by atoms with Gasteiger partial charge in [-0.15, -0.1) is 0 Å². The lowest BCUT2D eigenvalue weighted by Crippen LogP contribution is -2.10. The highest BCUT2D eigenvalue weighted by Gasteiger charge is 2.14. The Labute approximate surface area is 72.5 Å². The first-order valence-corrected chi connectivity index (χ1v) is 3.29. The Balaban J connectivity index is 3.21. The van der Waals surface area contributed by atoms with Crippen LogP contribution in [-0.4, -0.2) is 9.91 Å². The summed E-state index contributed by atoms with van der Waals surface area (Å²) in [6.45, 7) is 0. The van der Waals surface area contributed by atoms with Crippen molar-refractivity contribution in [3.63, 3.8) is 0 Å². The summed E-state index contributed by atoms with van der Waals surface area (Å²) in [5.74, 6) is 4.97. The summed E-state index contributed by atoms with van der Waals surface area (Å²) in [6, 6.07) is 1.17. The van der Waals surface area contributed by atoms with Crippen LogP contribution in [0.5, 0.6) is 0 Å². The molecule has 0 aliphatic heterocycles. The van der Waals surface area contributed by atoms with E-state index in [1.54, 1.807) is 0 Å². The van der Waals surface area contributed by atoms with Crippen LogP contribution >= 0.6 is 11.6 Å². The molecule has 12 heavy (non-hydrogen) atoms. The van der Waals surface area contributed by atoms with Gasteiger partial charge in [0.2, 0.25) is 5.82 Å². The first-order valence-electron chi connectivity index (χ1n) is 2.91. The van der Waals surface area contributed by atoms with E-state index in [1.165, 1.54) is 12.3 Å². The number of anilines is 1. The summed E-state index contributed by atoms with van der Waals surface area (Å²) in [6.07, 6.45) is 1.27. The van der Waals surface area contributed by atoms with Crippen LogP contribution in [0.1, 0.15) is 0 Å². The van der Waals surface area contributed by atoms with Crippen LogP contribution in [-0.2, 0) is 0 Å². The first kappa shape index (κ1) is 8.69. The number of pyridine rings is 1. The molecule has 1 aromatic heterocycles. The maximum atomic E-state index is 10.3. The number of nitrogens with one attached hydrogen (secondary N) is 1. The smallest absolute Gasteiger partial charge is 0.303 e. The summed E-state index contributed by atoms with van der Waals surface area (Å²) in [5.41, 5.74) is 1.85. The Kier molecular flexibility index (Phi) is 2.41. The third-order valence-electron chi connectivity index (χ3n) is 1.17. The molecule has 0 atom stereocenters. The SMILES string of the molecule is NNc1ncc(Cl)cc1[N+](=O)[O-]. The van der Waals surface area contributed by atoms with Crippen LogP contribution in [0.25, 0.3) is 0 Å². The molecule has 0 aliphatic rings. The number of hydrazine groups is 1. The van der Waals surface area contributed by atoms with E-state index >= 15 is 0 Å². The van der Waals surface area contributed by atoms with Gasteiger partial charge in [0, 0.05) is 12.3 Å². The van der Waals surface area contributed by atoms with Gasteiger partial charge in [0.25, 0.3) is 0 Å². The largest absolute Gasteiger partial charge is 0.314 e. The van der Waals surface area contributed by atoms with Crippen molar-refractivity contribution in [1.82, 2.24) is 4.98 Å². The fourth-order valence-corrected chi connectivity index (χ4v) is 0.831. The zero-order valence-electron chi connectivity index (χ0n) is 5.82. The van der Waals surface area contributed by atoms with Crippen LogP contribution in [0.3, 0.4) is 0 Å². The van der Waals surface area contributed by atoms with Crippen molar-refractivity contribution in [2.45, 2.75) is 0 Å². The minimum atomic E-state index is -0.617. The predicted molar refractivity (Wildman–Crippen MR) is 43.7 cm³/mol. The zero-order chi connectivity index (χ0) is 9.14. The minimum absolute atomic E-state index is 0.00981. The van der Waals surface area contributed by atoms with E-state index in [-0.39, 0.29) is 16.5 Å². The van der Waals surface area contributed by atoms with Gasteiger partial charge in [-0.05, 0) is 0 Å². The molecule has 0 amide bonds. The average molecular weight is 189 g/mol. The van der Waals surface area contributed by atoms with E-state index in [4.69, 9.17) is 17.4 Å². The third-order valence-corrected chi connectivity index (χ3v) is 1.37. The maximum absolute atomic E-state index is 10.3. The van der Waals surface area contributed by atoms with E-state index in [2.05, 4.69) is 10.4 Å². The van der Waals surface area contributed by atoms with Crippen LogP contribution in [0, 0.1) is 10.1 Å². The average Bonchev–Trinajstić information content (AvgIpc) is 2.04. The van der Waals surface area contributed by atoms with Gasteiger partial charge in [-0.25, -0.2) is 10.8 Å². The van der Waals surface area contributed by atoms with E-state index in [9.17, 15) is 10.1 Å². The molecular weight excluding hydrogens is 184 g/mol. The Morgan fingerprint density at radius 1 is 1.75 bits per heavy atom. The standard InChI is InChI=1S/C5H5ClN4O2/c6-3-1-4(10(11)12)5(9-7)8-2-3/h1-2H,7H2,(H,8,9). The molecule has 1 aromatic rings. The first-order chi connectivity index (χ1) is 5.65. The van der Waals surface area contributed by atoms with Gasteiger partial charge in [0.1, 0.15) is 0 Å². The van der Waals surface area contributed by atoms with Crippen molar-refractivity contribution in [2.24, 2.45) is 5.84 Å².